The van der Waals surface area contributed by atoms with Crippen molar-refractivity contribution in [2.75, 3.05) is 5.32 Å². The number of fused-ring (bicyclic) bond motifs is 1. The quantitative estimate of drug-likeness (QED) is 0.797. The van der Waals surface area contributed by atoms with Gasteiger partial charge in [0, 0.05) is 17.3 Å². The summed E-state index contributed by atoms with van der Waals surface area (Å²) in [4.78, 5) is 12.5. The molecule has 0 atom stereocenters. The van der Waals surface area contributed by atoms with Crippen molar-refractivity contribution >= 4 is 22.6 Å². The molecule has 0 spiro atoms. The van der Waals surface area contributed by atoms with Gasteiger partial charge in [0.1, 0.15) is 5.52 Å². The third kappa shape index (κ3) is 2.95. The van der Waals surface area contributed by atoms with Crippen LogP contribution in [-0.2, 0) is 6.42 Å². The first kappa shape index (κ1) is 15.2. The Morgan fingerprint density at radius 3 is 2.74 bits per heavy atom. The molecule has 1 amide bonds. The fourth-order valence-corrected chi connectivity index (χ4v) is 2.61. The van der Waals surface area contributed by atoms with E-state index in [1.165, 1.54) is 0 Å². The number of aromatic nitrogens is 3. The van der Waals surface area contributed by atoms with Crippen molar-refractivity contribution in [2.45, 2.75) is 33.2 Å². The predicted octanol–water partition coefficient (Wildman–Crippen LogP) is 3.83. The lowest BCUT2D eigenvalue weighted by Gasteiger charge is -2.10. The maximum Gasteiger partial charge on any atom is 0.255 e. The standard InChI is InChI=1S/C18H20N4O/c1-4-13-7-5-6-8-15(13)19-18(23)14-9-10-17-16(11-14)20-21-22(17)12(2)3/h5-12H,4H2,1-3H3,(H,19,23). The molecule has 3 aromatic rings. The molecule has 23 heavy (non-hydrogen) atoms. The SMILES string of the molecule is CCc1ccccc1NC(=O)c1ccc2c(c1)nnn2C(C)C. The summed E-state index contributed by atoms with van der Waals surface area (Å²) in [7, 11) is 0. The fraction of sp³-hybridized carbons (Fsp3) is 0.278. The lowest BCUT2D eigenvalue weighted by molar-refractivity contribution is 0.102. The molecule has 0 aliphatic rings. The van der Waals surface area contributed by atoms with E-state index in [2.05, 4.69) is 36.4 Å². The van der Waals surface area contributed by atoms with Gasteiger partial charge in [-0.25, -0.2) is 4.68 Å². The van der Waals surface area contributed by atoms with Gasteiger partial charge in [-0.1, -0.05) is 30.3 Å². The van der Waals surface area contributed by atoms with E-state index in [9.17, 15) is 4.79 Å². The van der Waals surface area contributed by atoms with Crippen LogP contribution in [0, 0.1) is 0 Å². The molecule has 1 aromatic heterocycles. The van der Waals surface area contributed by atoms with E-state index >= 15 is 0 Å². The molecular formula is C18H20N4O. The molecule has 0 aliphatic carbocycles. The molecule has 5 nitrogen and oxygen atoms in total. The van der Waals surface area contributed by atoms with Crippen LogP contribution in [0.25, 0.3) is 11.0 Å². The summed E-state index contributed by atoms with van der Waals surface area (Å²) in [6.45, 7) is 6.17. The van der Waals surface area contributed by atoms with Crippen LogP contribution in [0.15, 0.2) is 42.5 Å². The number of para-hydroxylation sites is 1. The van der Waals surface area contributed by atoms with Gasteiger partial charge in [0.15, 0.2) is 0 Å². The molecule has 0 bridgehead atoms. The summed E-state index contributed by atoms with van der Waals surface area (Å²) in [5.74, 6) is -0.133. The third-order valence-electron chi connectivity index (χ3n) is 3.87. The number of carbonyl (C=O) groups is 1. The molecule has 1 N–H and O–H groups in total. The topological polar surface area (TPSA) is 59.8 Å². The van der Waals surface area contributed by atoms with Crippen LogP contribution in [0.2, 0.25) is 0 Å². The highest BCUT2D eigenvalue weighted by molar-refractivity contribution is 6.06. The zero-order chi connectivity index (χ0) is 16.4. The minimum absolute atomic E-state index is 0.133. The summed E-state index contributed by atoms with van der Waals surface area (Å²) in [5, 5.41) is 11.3. The fourth-order valence-electron chi connectivity index (χ4n) is 2.61. The van der Waals surface area contributed by atoms with Crippen LogP contribution >= 0.6 is 0 Å². The molecule has 0 unspecified atom stereocenters. The number of anilines is 1. The minimum atomic E-state index is -0.133. The van der Waals surface area contributed by atoms with Crippen molar-refractivity contribution in [1.82, 2.24) is 15.0 Å². The van der Waals surface area contributed by atoms with Crippen molar-refractivity contribution in [2.24, 2.45) is 0 Å². The molecule has 0 aliphatic heterocycles. The van der Waals surface area contributed by atoms with E-state index in [0.29, 0.717) is 5.56 Å². The van der Waals surface area contributed by atoms with Gasteiger partial charge >= 0.3 is 0 Å². The van der Waals surface area contributed by atoms with E-state index in [4.69, 9.17) is 0 Å². The second-order valence-corrected chi connectivity index (χ2v) is 5.80. The molecular weight excluding hydrogens is 288 g/mol. The van der Waals surface area contributed by atoms with Gasteiger partial charge in [-0.05, 0) is 50.1 Å². The highest BCUT2D eigenvalue weighted by Gasteiger charge is 2.12. The largest absolute Gasteiger partial charge is 0.322 e. The number of amides is 1. The van der Waals surface area contributed by atoms with Gasteiger partial charge in [-0.2, -0.15) is 0 Å². The van der Waals surface area contributed by atoms with Crippen LogP contribution in [0.4, 0.5) is 5.69 Å². The molecule has 0 fully saturated rings. The Hall–Kier alpha value is -2.69. The van der Waals surface area contributed by atoms with Gasteiger partial charge in [-0.15, -0.1) is 5.10 Å². The zero-order valence-corrected chi connectivity index (χ0v) is 13.6. The van der Waals surface area contributed by atoms with E-state index in [1.54, 1.807) is 6.07 Å². The monoisotopic (exact) mass is 308 g/mol. The number of carbonyl (C=O) groups excluding carboxylic acids is 1. The number of hydrogen-bond acceptors (Lipinski definition) is 3. The molecule has 5 heteroatoms. The van der Waals surface area contributed by atoms with Gasteiger partial charge in [0.25, 0.3) is 5.91 Å². The van der Waals surface area contributed by atoms with Gasteiger partial charge < -0.3 is 5.32 Å². The summed E-state index contributed by atoms with van der Waals surface area (Å²) in [6, 6.07) is 13.6. The van der Waals surface area contributed by atoms with Crippen LogP contribution < -0.4 is 5.32 Å². The van der Waals surface area contributed by atoms with E-state index in [-0.39, 0.29) is 11.9 Å². The molecule has 1 heterocycles. The number of nitrogens with one attached hydrogen (secondary N) is 1. The minimum Gasteiger partial charge on any atom is -0.322 e. The molecule has 118 valence electrons. The summed E-state index contributed by atoms with van der Waals surface area (Å²) in [5.41, 5.74) is 4.22. The highest BCUT2D eigenvalue weighted by atomic mass is 16.1. The Morgan fingerprint density at radius 1 is 1.22 bits per heavy atom. The average Bonchev–Trinajstić information content (AvgIpc) is 2.98. The first-order valence-corrected chi connectivity index (χ1v) is 7.84. The van der Waals surface area contributed by atoms with Crippen LogP contribution in [-0.4, -0.2) is 20.9 Å². The first-order chi connectivity index (χ1) is 11.1. The van der Waals surface area contributed by atoms with Crippen molar-refractivity contribution in [3.63, 3.8) is 0 Å². The summed E-state index contributed by atoms with van der Waals surface area (Å²) in [6.07, 6.45) is 0.873. The van der Waals surface area contributed by atoms with Gasteiger partial charge in [0.05, 0.1) is 5.52 Å². The predicted molar refractivity (Wildman–Crippen MR) is 91.7 cm³/mol. The summed E-state index contributed by atoms with van der Waals surface area (Å²) < 4.78 is 1.85. The van der Waals surface area contributed by atoms with Gasteiger partial charge in [0.2, 0.25) is 0 Å². The number of rotatable bonds is 4. The smallest absolute Gasteiger partial charge is 0.255 e. The molecule has 0 saturated carbocycles. The molecule has 0 radical (unpaired) electrons. The Labute approximate surface area is 135 Å². The van der Waals surface area contributed by atoms with Gasteiger partial charge in [-0.3, -0.25) is 4.79 Å². The lowest BCUT2D eigenvalue weighted by atomic mass is 10.1. The summed E-state index contributed by atoms with van der Waals surface area (Å²) >= 11 is 0. The van der Waals surface area contributed by atoms with Crippen molar-refractivity contribution in [1.29, 1.82) is 0 Å². The second kappa shape index (κ2) is 6.20. The Bertz CT molecular complexity index is 851. The third-order valence-corrected chi connectivity index (χ3v) is 3.87. The maximum absolute atomic E-state index is 12.5. The molecule has 0 saturated heterocycles. The number of aryl methyl sites for hydroxylation is 1. The zero-order valence-electron chi connectivity index (χ0n) is 13.6. The maximum atomic E-state index is 12.5. The van der Waals surface area contributed by atoms with E-state index in [0.717, 1.165) is 28.7 Å². The van der Waals surface area contributed by atoms with Crippen LogP contribution in [0.1, 0.15) is 42.7 Å². The normalized spacial score (nSPS) is 11.1. The molecule has 2 aromatic carbocycles. The Morgan fingerprint density at radius 2 is 2.00 bits per heavy atom. The average molecular weight is 308 g/mol. The van der Waals surface area contributed by atoms with Crippen molar-refractivity contribution < 1.29 is 4.79 Å². The van der Waals surface area contributed by atoms with E-state index in [1.807, 2.05) is 41.1 Å². The number of benzene rings is 2. The highest BCUT2D eigenvalue weighted by Crippen LogP contribution is 2.20. The van der Waals surface area contributed by atoms with Crippen molar-refractivity contribution in [3.05, 3.63) is 53.6 Å². The number of hydrogen-bond donors (Lipinski definition) is 1. The van der Waals surface area contributed by atoms with Crippen LogP contribution in [0.5, 0.6) is 0 Å². The second-order valence-electron chi connectivity index (χ2n) is 5.80. The van der Waals surface area contributed by atoms with Crippen molar-refractivity contribution in [3.8, 4) is 0 Å². The Kier molecular flexibility index (Phi) is 4.10. The first-order valence-electron chi connectivity index (χ1n) is 7.84. The number of nitrogens with zero attached hydrogens (tertiary/aromatic N) is 3. The van der Waals surface area contributed by atoms with E-state index < -0.39 is 0 Å². The Balaban J connectivity index is 1.89. The lowest BCUT2D eigenvalue weighted by Crippen LogP contribution is -2.13. The molecule has 3 rings (SSSR count). The van der Waals surface area contributed by atoms with Crippen LogP contribution in [0.3, 0.4) is 0 Å².